The predicted molar refractivity (Wildman–Crippen MR) is 95.5 cm³/mol. The monoisotopic (exact) mass is 339 g/mol. The molecule has 0 spiro atoms. The van der Waals surface area contributed by atoms with Gasteiger partial charge in [-0.2, -0.15) is 0 Å². The number of nitrogens with two attached hydrogens (primary N) is 1. The number of fused-ring (bicyclic) bond motifs is 1. The number of anilines is 1. The number of amides is 1. The number of nitrogen functional groups attached to an aromatic ring is 1. The summed E-state index contributed by atoms with van der Waals surface area (Å²) >= 11 is 3.95. The van der Waals surface area contributed by atoms with Gasteiger partial charge >= 0.3 is 0 Å². The Bertz CT molecular complexity index is 946. The highest BCUT2D eigenvalue weighted by molar-refractivity contribution is 7.96. The van der Waals surface area contributed by atoms with Crippen LogP contribution >= 0.6 is 12.6 Å². The second-order valence-electron chi connectivity index (χ2n) is 4.77. The van der Waals surface area contributed by atoms with E-state index >= 15 is 0 Å². The fourth-order valence-electron chi connectivity index (χ4n) is 2.23. The summed E-state index contributed by atoms with van der Waals surface area (Å²) < 4.78 is 1.79. The highest BCUT2D eigenvalue weighted by Crippen LogP contribution is 2.26. The van der Waals surface area contributed by atoms with Crippen molar-refractivity contribution in [2.24, 2.45) is 4.99 Å². The number of nitrogens with zero attached hydrogens (tertiary/aromatic N) is 4. The Kier molecular flexibility index (Phi) is 4.25. The Morgan fingerprint density at radius 1 is 1.33 bits per heavy atom. The van der Waals surface area contributed by atoms with Gasteiger partial charge < -0.3 is 15.5 Å². The number of nitrogens with one attached hydrogen (secondary N) is 2. The van der Waals surface area contributed by atoms with Gasteiger partial charge in [-0.3, -0.25) is 10.2 Å². The molecule has 0 radical (unpaired) electrons. The molecule has 0 aliphatic rings. The molecule has 120 valence electrons. The molecule has 2 heterocycles. The maximum absolute atomic E-state index is 12.0. The van der Waals surface area contributed by atoms with Crippen molar-refractivity contribution in [3.63, 3.8) is 0 Å². The lowest BCUT2D eigenvalue weighted by atomic mass is 10.1. The van der Waals surface area contributed by atoms with Gasteiger partial charge in [0.25, 0.3) is 5.91 Å². The number of aromatic nitrogens is 3. The van der Waals surface area contributed by atoms with Crippen LogP contribution in [-0.4, -0.2) is 31.8 Å². The number of aliphatic imine (C=N–C) groups is 1. The fourth-order valence-corrected chi connectivity index (χ4v) is 2.39. The first-order valence-electron chi connectivity index (χ1n) is 6.85. The van der Waals surface area contributed by atoms with E-state index in [1.165, 1.54) is 0 Å². The van der Waals surface area contributed by atoms with E-state index in [-0.39, 0.29) is 11.1 Å². The molecule has 0 unspecified atom stereocenters. The average molecular weight is 339 g/mol. The number of hydrogen-bond donors (Lipinski definition) is 4. The minimum atomic E-state index is -0.368. The number of amidine groups is 1. The van der Waals surface area contributed by atoms with E-state index in [1.807, 2.05) is 0 Å². The molecule has 0 fully saturated rings. The Balaban J connectivity index is 1.90. The van der Waals surface area contributed by atoms with Crippen molar-refractivity contribution in [2.45, 2.75) is 0 Å². The van der Waals surface area contributed by atoms with Gasteiger partial charge in [-0.1, -0.05) is 12.1 Å². The van der Waals surface area contributed by atoms with Crippen LogP contribution in [-0.2, 0) is 0 Å². The zero-order valence-electron chi connectivity index (χ0n) is 12.3. The predicted octanol–water partition coefficient (Wildman–Crippen LogP) is 1.60. The summed E-state index contributed by atoms with van der Waals surface area (Å²) in [7, 11) is 0. The number of rotatable bonds is 3. The molecule has 0 atom stereocenters. The van der Waals surface area contributed by atoms with Gasteiger partial charge in [0, 0.05) is 23.5 Å². The first-order valence-corrected chi connectivity index (χ1v) is 7.29. The quantitative estimate of drug-likeness (QED) is 0.329. The third kappa shape index (κ3) is 2.97. The van der Waals surface area contributed by atoms with Crippen molar-refractivity contribution < 1.29 is 4.79 Å². The van der Waals surface area contributed by atoms with E-state index in [4.69, 9.17) is 11.1 Å². The Morgan fingerprint density at radius 2 is 2.08 bits per heavy atom. The molecule has 0 aliphatic heterocycles. The van der Waals surface area contributed by atoms with Crippen LogP contribution in [0.1, 0.15) is 10.4 Å². The van der Waals surface area contributed by atoms with Gasteiger partial charge in [0.05, 0.1) is 5.69 Å². The standard InChI is InChI=1S/C15H13N7OS/c16-7-19-15(24)21-14(23)10-3-1-9(2-4-10)11-12-13(17)18-5-6-22(12)8-20-11/h1-8H,(H2,17,18)(H3,16,19,21,23,24). The summed E-state index contributed by atoms with van der Waals surface area (Å²) in [5, 5.41) is 9.35. The summed E-state index contributed by atoms with van der Waals surface area (Å²) in [5.74, 6) is 0.0161. The molecule has 2 aromatic heterocycles. The first-order chi connectivity index (χ1) is 11.6. The van der Waals surface area contributed by atoms with E-state index < -0.39 is 0 Å². The van der Waals surface area contributed by atoms with E-state index in [1.54, 1.807) is 47.4 Å². The summed E-state index contributed by atoms with van der Waals surface area (Å²) in [6.07, 6.45) is 5.82. The van der Waals surface area contributed by atoms with Crippen molar-refractivity contribution in [3.05, 3.63) is 48.5 Å². The minimum absolute atomic E-state index is 0.0537. The molecule has 8 nitrogen and oxygen atoms in total. The number of carbonyl (C=O) groups is 1. The maximum atomic E-state index is 12.0. The SMILES string of the molecule is N=C/N=C(\S)NC(=O)c1ccc(-c2ncn3ccnc(N)c23)cc1. The lowest BCUT2D eigenvalue weighted by Crippen LogP contribution is -2.26. The van der Waals surface area contributed by atoms with E-state index in [2.05, 4.69) is 32.9 Å². The fraction of sp³-hybridized carbons (Fsp3) is 0. The average Bonchev–Trinajstić information content (AvgIpc) is 3.00. The molecular formula is C15H13N7OS. The van der Waals surface area contributed by atoms with E-state index in [0.717, 1.165) is 11.9 Å². The van der Waals surface area contributed by atoms with Crippen molar-refractivity contribution in [1.82, 2.24) is 19.7 Å². The van der Waals surface area contributed by atoms with Crippen LogP contribution in [0.4, 0.5) is 5.82 Å². The summed E-state index contributed by atoms with van der Waals surface area (Å²) in [4.78, 5) is 24.0. The third-order valence-electron chi connectivity index (χ3n) is 3.31. The molecule has 24 heavy (non-hydrogen) atoms. The molecule has 0 saturated heterocycles. The summed E-state index contributed by atoms with van der Waals surface area (Å²) in [6.45, 7) is 0. The molecule has 0 saturated carbocycles. The molecule has 0 bridgehead atoms. The lowest BCUT2D eigenvalue weighted by Gasteiger charge is -2.05. The normalized spacial score (nSPS) is 11.5. The Hall–Kier alpha value is -3.20. The molecule has 0 aliphatic carbocycles. The van der Waals surface area contributed by atoms with Crippen LogP contribution in [0.5, 0.6) is 0 Å². The zero-order valence-corrected chi connectivity index (χ0v) is 13.2. The second-order valence-corrected chi connectivity index (χ2v) is 5.20. The smallest absolute Gasteiger partial charge is 0.257 e. The molecule has 3 rings (SSSR count). The first kappa shape index (κ1) is 15.7. The van der Waals surface area contributed by atoms with Crippen LogP contribution in [0.15, 0.2) is 48.0 Å². The van der Waals surface area contributed by atoms with Crippen LogP contribution in [0.3, 0.4) is 0 Å². The zero-order chi connectivity index (χ0) is 17.1. The highest BCUT2D eigenvalue weighted by Gasteiger charge is 2.12. The number of benzene rings is 1. The largest absolute Gasteiger partial charge is 0.382 e. The lowest BCUT2D eigenvalue weighted by molar-refractivity contribution is 0.0978. The van der Waals surface area contributed by atoms with Gasteiger partial charge in [-0.05, 0) is 12.1 Å². The van der Waals surface area contributed by atoms with Crippen molar-refractivity contribution >= 4 is 41.4 Å². The molecular weight excluding hydrogens is 326 g/mol. The van der Waals surface area contributed by atoms with Crippen LogP contribution in [0, 0.1) is 5.41 Å². The summed E-state index contributed by atoms with van der Waals surface area (Å²) in [5.41, 5.74) is 8.57. The maximum Gasteiger partial charge on any atom is 0.257 e. The van der Waals surface area contributed by atoms with Crippen LogP contribution in [0.25, 0.3) is 16.8 Å². The number of imidazole rings is 1. The van der Waals surface area contributed by atoms with E-state index in [9.17, 15) is 4.79 Å². The number of thiol groups is 1. The van der Waals surface area contributed by atoms with Gasteiger partial charge in [0.1, 0.15) is 24.0 Å². The summed E-state index contributed by atoms with van der Waals surface area (Å²) in [6, 6.07) is 6.87. The third-order valence-corrected chi connectivity index (χ3v) is 3.54. The van der Waals surface area contributed by atoms with Gasteiger partial charge in [-0.15, -0.1) is 12.6 Å². The van der Waals surface area contributed by atoms with E-state index in [0.29, 0.717) is 22.6 Å². The molecule has 4 N–H and O–H groups in total. The highest BCUT2D eigenvalue weighted by atomic mass is 32.1. The molecule has 1 amide bonds. The Morgan fingerprint density at radius 3 is 2.79 bits per heavy atom. The van der Waals surface area contributed by atoms with Crippen LogP contribution < -0.4 is 11.1 Å². The van der Waals surface area contributed by atoms with Gasteiger partial charge in [0.15, 0.2) is 5.17 Å². The van der Waals surface area contributed by atoms with Gasteiger partial charge in [-0.25, -0.2) is 15.0 Å². The molecule has 1 aromatic carbocycles. The Labute approximate surface area is 142 Å². The topological polar surface area (TPSA) is 122 Å². The molecule has 9 heteroatoms. The second kappa shape index (κ2) is 6.50. The van der Waals surface area contributed by atoms with Gasteiger partial charge in [0.2, 0.25) is 0 Å². The number of carbonyl (C=O) groups excluding carboxylic acids is 1. The van der Waals surface area contributed by atoms with Crippen molar-refractivity contribution in [2.75, 3.05) is 5.73 Å². The van der Waals surface area contributed by atoms with Crippen molar-refractivity contribution in [1.29, 1.82) is 5.41 Å². The van der Waals surface area contributed by atoms with Crippen LogP contribution in [0.2, 0.25) is 0 Å². The van der Waals surface area contributed by atoms with Crippen molar-refractivity contribution in [3.8, 4) is 11.3 Å². The number of hydrogen-bond acceptors (Lipinski definition) is 5. The minimum Gasteiger partial charge on any atom is -0.382 e. The molecule has 3 aromatic rings.